The maximum atomic E-state index is 4.24. The first-order chi connectivity index (χ1) is 8.96. The molecule has 2 N–H and O–H groups in total. The number of hydrogen-bond donors (Lipinski definition) is 2. The number of nitrogens with zero attached hydrogens (tertiary/aromatic N) is 1. The van der Waals surface area contributed by atoms with E-state index in [4.69, 9.17) is 0 Å². The molecule has 0 spiro atoms. The van der Waals surface area contributed by atoms with Crippen molar-refractivity contribution in [1.29, 1.82) is 0 Å². The standard InChI is InChI=1S/C14H22BrN3S/c1-14(2,19-4)10-18-13(16-3)17-9-11-6-5-7-12(15)8-11/h5-8H,9-10H2,1-4H3,(H2,16,17,18). The first-order valence-corrected chi connectivity index (χ1v) is 8.23. The highest BCUT2D eigenvalue weighted by Gasteiger charge is 2.15. The van der Waals surface area contributed by atoms with Gasteiger partial charge in [-0.1, -0.05) is 28.1 Å². The summed E-state index contributed by atoms with van der Waals surface area (Å²) in [5, 5.41) is 6.67. The average Bonchev–Trinajstić information content (AvgIpc) is 2.39. The van der Waals surface area contributed by atoms with Gasteiger partial charge < -0.3 is 10.6 Å². The van der Waals surface area contributed by atoms with Gasteiger partial charge >= 0.3 is 0 Å². The number of aliphatic imine (C=N–C) groups is 1. The highest BCUT2D eigenvalue weighted by Crippen LogP contribution is 2.19. The molecule has 0 aliphatic carbocycles. The van der Waals surface area contributed by atoms with Crippen LogP contribution in [0.25, 0.3) is 0 Å². The van der Waals surface area contributed by atoms with Gasteiger partial charge in [-0.15, -0.1) is 0 Å². The number of thioether (sulfide) groups is 1. The van der Waals surface area contributed by atoms with Crippen molar-refractivity contribution in [2.24, 2.45) is 4.99 Å². The van der Waals surface area contributed by atoms with Gasteiger partial charge in [0, 0.05) is 29.4 Å². The molecule has 3 nitrogen and oxygen atoms in total. The minimum Gasteiger partial charge on any atom is -0.355 e. The molecule has 0 unspecified atom stereocenters. The van der Waals surface area contributed by atoms with Crippen molar-refractivity contribution in [2.75, 3.05) is 19.8 Å². The van der Waals surface area contributed by atoms with Gasteiger partial charge in [0.05, 0.1) is 0 Å². The Morgan fingerprint density at radius 2 is 2.11 bits per heavy atom. The van der Waals surface area contributed by atoms with Crippen LogP contribution in [-0.2, 0) is 6.54 Å². The molecule has 0 heterocycles. The smallest absolute Gasteiger partial charge is 0.191 e. The average molecular weight is 344 g/mol. The number of benzene rings is 1. The molecule has 1 aromatic carbocycles. The van der Waals surface area contributed by atoms with Crippen molar-refractivity contribution in [3.8, 4) is 0 Å². The Labute approximate surface area is 128 Å². The quantitative estimate of drug-likeness (QED) is 0.636. The maximum Gasteiger partial charge on any atom is 0.191 e. The van der Waals surface area contributed by atoms with Gasteiger partial charge in [0.25, 0.3) is 0 Å². The van der Waals surface area contributed by atoms with Crippen LogP contribution in [0.4, 0.5) is 0 Å². The monoisotopic (exact) mass is 343 g/mol. The van der Waals surface area contributed by atoms with Gasteiger partial charge in [-0.3, -0.25) is 4.99 Å². The van der Waals surface area contributed by atoms with Gasteiger partial charge in [-0.05, 0) is 37.8 Å². The lowest BCUT2D eigenvalue weighted by Crippen LogP contribution is -2.42. The molecule has 0 amide bonds. The Kier molecular flexibility index (Phi) is 6.72. The Bertz CT molecular complexity index is 432. The zero-order valence-electron chi connectivity index (χ0n) is 12.0. The third kappa shape index (κ3) is 6.34. The van der Waals surface area contributed by atoms with Crippen LogP contribution in [0.15, 0.2) is 33.7 Å². The summed E-state index contributed by atoms with van der Waals surface area (Å²) in [5.74, 6) is 0.835. The van der Waals surface area contributed by atoms with E-state index < -0.39 is 0 Å². The van der Waals surface area contributed by atoms with E-state index in [0.29, 0.717) is 0 Å². The van der Waals surface area contributed by atoms with E-state index in [1.54, 1.807) is 7.05 Å². The molecule has 0 saturated carbocycles. The van der Waals surface area contributed by atoms with Crippen molar-refractivity contribution in [1.82, 2.24) is 10.6 Å². The first-order valence-electron chi connectivity index (χ1n) is 6.21. The summed E-state index contributed by atoms with van der Waals surface area (Å²) < 4.78 is 1.30. The molecule has 0 aromatic heterocycles. The van der Waals surface area contributed by atoms with Crippen molar-refractivity contribution in [2.45, 2.75) is 25.1 Å². The topological polar surface area (TPSA) is 36.4 Å². The van der Waals surface area contributed by atoms with Gasteiger partial charge in [-0.25, -0.2) is 0 Å². The molecule has 0 aliphatic rings. The van der Waals surface area contributed by atoms with Crippen molar-refractivity contribution in [3.63, 3.8) is 0 Å². The van der Waals surface area contributed by atoms with Crippen molar-refractivity contribution < 1.29 is 0 Å². The fourth-order valence-corrected chi connectivity index (χ4v) is 2.09. The molecular formula is C14H22BrN3S. The minimum absolute atomic E-state index is 0.202. The fraction of sp³-hybridized carbons (Fsp3) is 0.500. The predicted octanol–water partition coefficient (Wildman–Crippen LogP) is 3.26. The molecule has 19 heavy (non-hydrogen) atoms. The molecular weight excluding hydrogens is 322 g/mol. The van der Waals surface area contributed by atoms with Crippen LogP contribution in [0, 0.1) is 0 Å². The summed E-state index contributed by atoms with van der Waals surface area (Å²) in [6.45, 7) is 6.07. The van der Waals surface area contributed by atoms with E-state index in [0.717, 1.165) is 23.5 Å². The van der Waals surface area contributed by atoms with E-state index in [1.807, 2.05) is 23.9 Å². The normalized spacial score (nSPS) is 12.4. The van der Waals surface area contributed by atoms with Crippen LogP contribution in [0.3, 0.4) is 0 Å². The Hall–Kier alpha value is -0.680. The van der Waals surface area contributed by atoms with E-state index in [2.05, 4.69) is 63.8 Å². The molecule has 0 radical (unpaired) electrons. The Morgan fingerprint density at radius 3 is 2.68 bits per heavy atom. The lowest BCUT2D eigenvalue weighted by molar-refractivity contribution is 0.664. The van der Waals surface area contributed by atoms with Gasteiger partial charge in [0.15, 0.2) is 5.96 Å². The van der Waals surface area contributed by atoms with Crippen molar-refractivity contribution >= 4 is 33.7 Å². The summed E-state index contributed by atoms with van der Waals surface area (Å²) in [5.41, 5.74) is 1.22. The molecule has 5 heteroatoms. The lowest BCUT2D eigenvalue weighted by atomic mass is 10.2. The molecule has 106 valence electrons. The van der Waals surface area contributed by atoms with Crippen LogP contribution in [0.2, 0.25) is 0 Å². The van der Waals surface area contributed by atoms with E-state index in [-0.39, 0.29) is 4.75 Å². The van der Waals surface area contributed by atoms with Gasteiger partial charge in [-0.2, -0.15) is 11.8 Å². The number of halogens is 1. The molecule has 1 aromatic rings. The highest BCUT2D eigenvalue weighted by atomic mass is 79.9. The van der Waals surface area contributed by atoms with Crippen LogP contribution in [0.1, 0.15) is 19.4 Å². The third-order valence-electron chi connectivity index (χ3n) is 2.81. The zero-order valence-corrected chi connectivity index (χ0v) is 14.4. The van der Waals surface area contributed by atoms with Crippen molar-refractivity contribution in [3.05, 3.63) is 34.3 Å². The highest BCUT2D eigenvalue weighted by molar-refractivity contribution is 9.10. The number of nitrogens with one attached hydrogen (secondary N) is 2. The number of guanidine groups is 1. The molecule has 0 saturated heterocycles. The fourth-order valence-electron chi connectivity index (χ4n) is 1.42. The SMILES string of the molecule is CN=C(NCc1cccc(Br)c1)NCC(C)(C)SC. The maximum absolute atomic E-state index is 4.24. The molecule has 0 aliphatic heterocycles. The van der Waals surface area contributed by atoms with Crippen LogP contribution < -0.4 is 10.6 Å². The summed E-state index contributed by atoms with van der Waals surface area (Å²) in [6.07, 6.45) is 2.12. The second-order valence-electron chi connectivity index (χ2n) is 4.87. The Balaban J connectivity index is 2.46. The van der Waals surface area contributed by atoms with E-state index in [1.165, 1.54) is 5.56 Å². The van der Waals surface area contributed by atoms with Crippen LogP contribution in [-0.4, -0.2) is 30.6 Å². The molecule has 0 atom stereocenters. The molecule has 0 fully saturated rings. The first kappa shape index (κ1) is 16.4. The van der Waals surface area contributed by atoms with Crippen LogP contribution in [0.5, 0.6) is 0 Å². The second kappa shape index (κ2) is 7.80. The third-order valence-corrected chi connectivity index (χ3v) is 4.55. The summed E-state index contributed by atoms with van der Waals surface area (Å²) in [6, 6.07) is 8.26. The predicted molar refractivity (Wildman–Crippen MR) is 89.9 cm³/mol. The largest absolute Gasteiger partial charge is 0.355 e. The lowest BCUT2D eigenvalue weighted by Gasteiger charge is -2.23. The summed E-state index contributed by atoms with van der Waals surface area (Å²) in [7, 11) is 1.79. The summed E-state index contributed by atoms with van der Waals surface area (Å²) >= 11 is 5.32. The van der Waals surface area contributed by atoms with Gasteiger partial charge in [0.1, 0.15) is 0 Å². The van der Waals surface area contributed by atoms with E-state index >= 15 is 0 Å². The summed E-state index contributed by atoms with van der Waals surface area (Å²) in [4.78, 5) is 4.24. The minimum atomic E-state index is 0.202. The molecule has 0 bridgehead atoms. The zero-order chi connectivity index (χ0) is 14.3. The van der Waals surface area contributed by atoms with E-state index in [9.17, 15) is 0 Å². The van der Waals surface area contributed by atoms with Gasteiger partial charge in [0.2, 0.25) is 0 Å². The Morgan fingerprint density at radius 1 is 1.37 bits per heavy atom. The second-order valence-corrected chi connectivity index (χ2v) is 7.30. The molecule has 1 rings (SSSR count). The number of rotatable bonds is 5. The number of hydrogen-bond acceptors (Lipinski definition) is 2. The van der Waals surface area contributed by atoms with Crippen LogP contribution >= 0.6 is 27.7 Å².